The summed E-state index contributed by atoms with van der Waals surface area (Å²) in [5.74, 6) is -7.18. The molecule has 0 fully saturated rings. The highest BCUT2D eigenvalue weighted by molar-refractivity contribution is 9.10. The topological polar surface area (TPSA) is 12.9 Å². The summed E-state index contributed by atoms with van der Waals surface area (Å²) < 4.78 is 160. The fourth-order valence-electron chi connectivity index (χ4n) is 2.48. The molecule has 2 aromatic rings. The third-order valence-electron chi connectivity index (χ3n) is 3.89. The van der Waals surface area contributed by atoms with Gasteiger partial charge in [0.05, 0.1) is 5.56 Å². The number of benzene rings is 1. The second-order valence-corrected chi connectivity index (χ2v) is 7.06. The summed E-state index contributed by atoms with van der Waals surface area (Å²) in [6.07, 6.45) is -19.2. The molecule has 1 aromatic heterocycles. The minimum absolute atomic E-state index is 0.319. The molecule has 0 spiro atoms. The molecule has 1 atom stereocenters. The largest absolute Gasteiger partial charge is 0.457 e. The van der Waals surface area contributed by atoms with Crippen LogP contribution in [0.2, 0.25) is 5.15 Å². The van der Waals surface area contributed by atoms with E-state index in [1.54, 1.807) is 0 Å². The molecule has 0 aliphatic carbocycles. The predicted molar refractivity (Wildman–Crippen MR) is 86.1 cm³/mol. The SMILES string of the molecule is FC(F)(F)c1[c]c(Br)c(-c2ccc(Cl)nc2)c(C(F)(C(F)(F)F)C(F)(F)C(F)(F)F)c1. The van der Waals surface area contributed by atoms with Gasteiger partial charge in [-0.3, -0.25) is 0 Å². The van der Waals surface area contributed by atoms with Crippen molar-refractivity contribution in [3.63, 3.8) is 0 Å². The minimum Gasteiger partial charge on any atom is -0.244 e. The summed E-state index contributed by atoms with van der Waals surface area (Å²) in [6, 6.07) is 2.21. The standard InChI is InChI=1S/C16H4BrClF12N/c17-9-4-7(13(20,21)22)3-8(11(9)6-1-2-10(18)31-5-6)12(19,15(25,26)27)14(23,24)16(28,29)30/h1-3,5H. The molecular weight excluding hydrogens is 550 g/mol. The van der Waals surface area contributed by atoms with E-state index in [1.165, 1.54) is 6.07 Å². The molecule has 0 bridgehead atoms. The van der Waals surface area contributed by atoms with Gasteiger partial charge in [0.2, 0.25) is 0 Å². The number of rotatable bonds is 3. The Balaban J connectivity index is 3.09. The van der Waals surface area contributed by atoms with Gasteiger partial charge < -0.3 is 0 Å². The highest BCUT2D eigenvalue weighted by Crippen LogP contribution is 2.60. The van der Waals surface area contributed by atoms with Crippen molar-refractivity contribution < 1.29 is 52.7 Å². The number of alkyl halides is 12. The van der Waals surface area contributed by atoms with Crippen molar-refractivity contribution >= 4 is 27.5 Å². The molecule has 1 heterocycles. The molecule has 0 saturated carbocycles. The Bertz CT molecular complexity index is 965. The van der Waals surface area contributed by atoms with Gasteiger partial charge in [0.25, 0.3) is 0 Å². The summed E-state index contributed by atoms with van der Waals surface area (Å²) in [5, 5.41) is -0.319. The molecule has 0 aliphatic rings. The first kappa shape index (κ1) is 25.6. The molecule has 1 nitrogen and oxygen atoms in total. The zero-order valence-corrected chi connectivity index (χ0v) is 16.4. The first-order chi connectivity index (χ1) is 13.7. The average molecular weight is 554 g/mol. The van der Waals surface area contributed by atoms with Gasteiger partial charge in [-0.2, -0.15) is 48.3 Å². The molecule has 0 aliphatic heterocycles. The number of aromatic nitrogens is 1. The van der Waals surface area contributed by atoms with Crippen LogP contribution in [0, 0.1) is 6.07 Å². The summed E-state index contributed by atoms with van der Waals surface area (Å²) in [5.41, 5.74) is -13.7. The van der Waals surface area contributed by atoms with Crippen LogP contribution in [0.5, 0.6) is 0 Å². The maximum Gasteiger partial charge on any atom is 0.457 e. The predicted octanol–water partition coefficient (Wildman–Crippen LogP) is 7.91. The van der Waals surface area contributed by atoms with E-state index in [-0.39, 0.29) is 5.15 Å². The van der Waals surface area contributed by atoms with E-state index in [0.717, 1.165) is 12.1 Å². The Morgan fingerprint density at radius 3 is 1.77 bits per heavy atom. The lowest BCUT2D eigenvalue weighted by Crippen LogP contribution is -2.60. The lowest BCUT2D eigenvalue weighted by Gasteiger charge is -2.37. The zero-order chi connectivity index (χ0) is 24.2. The molecule has 1 radical (unpaired) electrons. The van der Waals surface area contributed by atoms with Gasteiger partial charge in [-0.05, 0) is 34.1 Å². The van der Waals surface area contributed by atoms with Crippen LogP contribution in [0.15, 0.2) is 28.9 Å². The van der Waals surface area contributed by atoms with Crippen molar-refractivity contribution in [3.05, 3.63) is 51.2 Å². The van der Waals surface area contributed by atoms with Crippen molar-refractivity contribution in [2.45, 2.75) is 30.1 Å². The second-order valence-electron chi connectivity index (χ2n) is 5.88. The molecule has 1 aromatic carbocycles. The highest BCUT2D eigenvalue weighted by Gasteiger charge is 2.82. The number of hydrogen-bond donors (Lipinski definition) is 0. The molecular formula is C16H4BrClF12N. The van der Waals surface area contributed by atoms with Crippen LogP contribution in [0.4, 0.5) is 52.7 Å². The quantitative estimate of drug-likeness (QED) is 0.278. The van der Waals surface area contributed by atoms with Crippen LogP contribution in [0.3, 0.4) is 0 Å². The van der Waals surface area contributed by atoms with E-state index in [4.69, 9.17) is 11.6 Å². The lowest BCUT2D eigenvalue weighted by atomic mass is 9.82. The Hall–Kier alpha value is -1.70. The van der Waals surface area contributed by atoms with E-state index in [2.05, 4.69) is 20.9 Å². The Morgan fingerprint density at radius 1 is 0.839 bits per heavy atom. The molecule has 2 rings (SSSR count). The fraction of sp³-hybridized carbons (Fsp3) is 0.312. The molecule has 0 N–H and O–H groups in total. The second kappa shape index (κ2) is 7.71. The maximum atomic E-state index is 15.0. The van der Waals surface area contributed by atoms with Gasteiger partial charge in [-0.1, -0.05) is 11.6 Å². The Labute approximate surface area is 178 Å². The summed E-state index contributed by atoms with van der Waals surface area (Å²) in [6.45, 7) is 0. The molecule has 171 valence electrons. The van der Waals surface area contributed by atoms with Crippen molar-refractivity contribution in [2.75, 3.05) is 0 Å². The van der Waals surface area contributed by atoms with Crippen LogP contribution in [-0.2, 0) is 11.8 Å². The van der Waals surface area contributed by atoms with E-state index in [9.17, 15) is 48.3 Å². The number of hydrogen-bond acceptors (Lipinski definition) is 1. The molecule has 15 heteroatoms. The van der Waals surface area contributed by atoms with Crippen molar-refractivity contribution in [1.82, 2.24) is 4.98 Å². The summed E-state index contributed by atoms with van der Waals surface area (Å²) >= 11 is 7.80. The first-order valence-corrected chi connectivity index (χ1v) is 8.58. The van der Waals surface area contributed by atoms with Crippen LogP contribution in [-0.4, -0.2) is 23.3 Å². The molecule has 1 unspecified atom stereocenters. The lowest BCUT2D eigenvalue weighted by molar-refractivity contribution is -0.389. The summed E-state index contributed by atoms with van der Waals surface area (Å²) in [7, 11) is 0. The van der Waals surface area contributed by atoms with Gasteiger partial charge in [0.1, 0.15) is 5.15 Å². The van der Waals surface area contributed by atoms with Crippen molar-refractivity contribution in [3.8, 4) is 11.1 Å². The van der Waals surface area contributed by atoms with Gasteiger partial charge in [0.15, 0.2) is 0 Å². The van der Waals surface area contributed by atoms with E-state index in [1.807, 2.05) is 0 Å². The molecule has 0 saturated heterocycles. The van der Waals surface area contributed by atoms with Crippen LogP contribution < -0.4 is 0 Å². The van der Waals surface area contributed by atoms with Gasteiger partial charge in [0, 0.05) is 33.4 Å². The van der Waals surface area contributed by atoms with Crippen molar-refractivity contribution in [2.24, 2.45) is 0 Å². The third-order valence-corrected chi connectivity index (χ3v) is 4.71. The zero-order valence-electron chi connectivity index (χ0n) is 14.0. The summed E-state index contributed by atoms with van der Waals surface area (Å²) in [4.78, 5) is 3.36. The number of halogens is 14. The van der Waals surface area contributed by atoms with E-state index in [0.29, 0.717) is 6.20 Å². The smallest absolute Gasteiger partial charge is 0.244 e. The van der Waals surface area contributed by atoms with Crippen LogP contribution in [0.25, 0.3) is 11.1 Å². The average Bonchev–Trinajstić information content (AvgIpc) is 2.58. The first-order valence-electron chi connectivity index (χ1n) is 7.40. The Kier molecular flexibility index (Phi) is 6.36. The van der Waals surface area contributed by atoms with Gasteiger partial charge >= 0.3 is 30.1 Å². The minimum atomic E-state index is -7.18. The monoisotopic (exact) mass is 552 g/mol. The third kappa shape index (κ3) is 4.32. The molecule has 31 heavy (non-hydrogen) atoms. The number of nitrogens with zero attached hydrogens (tertiary/aromatic N) is 1. The number of pyridine rings is 1. The maximum absolute atomic E-state index is 15.0. The Morgan fingerprint density at radius 2 is 1.39 bits per heavy atom. The van der Waals surface area contributed by atoms with Gasteiger partial charge in [-0.15, -0.1) is 0 Å². The fourth-order valence-corrected chi connectivity index (χ4v) is 3.24. The normalized spacial score (nSPS) is 15.7. The highest BCUT2D eigenvalue weighted by atomic mass is 79.9. The van der Waals surface area contributed by atoms with E-state index < -0.39 is 62.9 Å². The van der Waals surface area contributed by atoms with E-state index >= 15 is 4.39 Å². The van der Waals surface area contributed by atoms with Crippen LogP contribution in [0.1, 0.15) is 11.1 Å². The molecule has 0 amide bonds. The van der Waals surface area contributed by atoms with Crippen molar-refractivity contribution in [1.29, 1.82) is 0 Å². The van der Waals surface area contributed by atoms with Gasteiger partial charge in [-0.25, -0.2) is 9.37 Å². The van der Waals surface area contributed by atoms with Crippen LogP contribution >= 0.6 is 27.5 Å².